The maximum Gasteiger partial charge on any atom is 0.237 e. The summed E-state index contributed by atoms with van der Waals surface area (Å²) >= 11 is 4.20. The zero-order valence-corrected chi connectivity index (χ0v) is 15.0. The van der Waals surface area contributed by atoms with Crippen molar-refractivity contribution >= 4 is 18.5 Å². The number of carbonyl (C=O) groups is 1. The smallest absolute Gasteiger partial charge is 0.237 e. The molecule has 5 heteroatoms. The second-order valence-electron chi connectivity index (χ2n) is 6.51. The maximum absolute atomic E-state index is 12.8. The number of hydrogen-bond donors (Lipinski definition) is 4. The molecule has 1 amide bonds. The minimum atomic E-state index is -0.210. The van der Waals surface area contributed by atoms with Gasteiger partial charge in [0.2, 0.25) is 5.91 Å². The lowest BCUT2D eigenvalue weighted by Crippen LogP contribution is -2.51. The van der Waals surface area contributed by atoms with E-state index in [1.165, 1.54) is 11.1 Å². The standard InChI is InChI=1S/C18H29N3OS/c1-3-12(2)17(20-10-14(19)11-23)18(22)21-16-9-8-13-6-4-5-7-15(13)16/h4-7,12,14,16-17,20,23H,3,8-11,19H2,1-2H3,(H,21,22)/t12?,14?,16?,17-/m0/s1. The van der Waals surface area contributed by atoms with Crippen molar-refractivity contribution < 1.29 is 4.79 Å². The van der Waals surface area contributed by atoms with Gasteiger partial charge in [-0.1, -0.05) is 44.5 Å². The molecule has 0 aliphatic heterocycles. The van der Waals surface area contributed by atoms with Crippen LogP contribution in [0.1, 0.15) is 43.9 Å². The zero-order valence-electron chi connectivity index (χ0n) is 14.1. The van der Waals surface area contributed by atoms with E-state index in [0.717, 1.165) is 19.3 Å². The Balaban J connectivity index is 2.00. The molecule has 0 aromatic heterocycles. The quantitative estimate of drug-likeness (QED) is 0.550. The van der Waals surface area contributed by atoms with E-state index >= 15 is 0 Å². The second-order valence-corrected chi connectivity index (χ2v) is 6.88. The minimum Gasteiger partial charge on any atom is -0.348 e. The first kappa shape index (κ1) is 18.3. The second kappa shape index (κ2) is 8.71. The van der Waals surface area contributed by atoms with Crippen molar-refractivity contribution in [1.29, 1.82) is 0 Å². The lowest BCUT2D eigenvalue weighted by Gasteiger charge is -2.26. The summed E-state index contributed by atoms with van der Waals surface area (Å²) in [5, 5.41) is 6.56. The summed E-state index contributed by atoms with van der Waals surface area (Å²) in [4.78, 5) is 12.8. The molecule has 0 radical (unpaired) electrons. The van der Waals surface area contributed by atoms with Gasteiger partial charge < -0.3 is 16.4 Å². The van der Waals surface area contributed by atoms with Crippen molar-refractivity contribution in [2.45, 2.75) is 51.2 Å². The van der Waals surface area contributed by atoms with Crippen molar-refractivity contribution in [3.63, 3.8) is 0 Å². The Labute approximate surface area is 145 Å². The van der Waals surface area contributed by atoms with Crippen LogP contribution in [0.5, 0.6) is 0 Å². The number of amides is 1. The highest BCUT2D eigenvalue weighted by Crippen LogP contribution is 2.30. The van der Waals surface area contributed by atoms with Crippen LogP contribution in [0.25, 0.3) is 0 Å². The van der Waals surface area contributed by atoms with Crippen LogP contribution in [0.3, 0.4) is 0 Å². The van der Waals surface area contributed by atoms with Crippen molar-refractivity contribution in [3.05, 3.63) is 35.4 Å². The van der Waals surface area contributed by atoms with E-state index < -0.39 is 0 Å². The molecule has 0 fully saturated rings. The number of hydrogen-bond acceptors (Lipinski definition) is 4. The normalized spacial score (nSPS) is 20.6. The molecule has 128 valence electrons. The maximum atomic E-state index is 12.8. The van der Waals surface area contributed by atoms with Crippen molar-refractivity contribution in [2.75, 3.05) is 12.3 Å². The average molecular weight is 336 g/mol. The molecular formula is C18H29N3OS. The number of benzene rings is 1. The lowest BCUT2D eigenvalue weighted by molar-refractivity contribution is -0.125. The fourth-order valence-corrected chi connectivity index (χ4v) is 3.23. The molecule has 4 N–H and O–H groups in total. The fourth-order valence-electron chi connectivity index (χ4n) is 3.10. The predicted molar refractivity (Wildman–Crippen MR) is 98.7 cm³/mol. The van der Waals surface area contributed by atoms with Gasteiger partial charge in [0.25, 0.3) is 0 Å². The van der Waals surface area contributed by atoms with E-state index in [4.69, 9.17) is 5.73 Å². The van der Waals surface area contributed by atoms with E-state index in [2.05, 4.69) is 55.3 Å². The highest BCUT2D eigenvalue weighted by Gasteiger charge is 2.29. The van der Waals surface area contributed by atoms with Gasteiger partial charge in [-0.25, -0.2) is 0 Å². The molecule has 1 aliphatic carbocycles. The summed E-state index contributed by atoms with van der Waals surface area (Å²) in [5.74, 6) is 0.948. The summed E-state index contributed by atoms with van der Waals surface area (Å²) in [6.45, 7) is 4.81. The van der Waals surface area contributed by atoms with E-state index in [-0.39, 0.29) is 30.0 Å². The van der Waals surface area contributed by atoms with Crippen molar-refractivity contribution in [1.82, 2.24) is 10.6 Å². The SMILES string of the molecule is CCC(C)[C@H](NCC(N)CS)C(=O)NC1CCc2ccccc21. The van der Waals surface area contributed by atoms with Crippen LogP contribution in [-0.2, 0) is 11.2 Å². The minimum absolute atomic E-state index is 0.0371. The number of carbonyl (C=O) groups excluding carboxylic acids is 1. The Kier molecular flexibility index (Phi) is 6.93. The van der Waals surface area contributed by atoms with E-state index in [1.807, 2.05) is 6.07 Å². The molecule has 23 heavy (non-hydrogen) atoms. The summed E-state index contributed by atoms with van der Waals surface area (Å²) in [7, 11) is 0. The number of nitrogens with one attached hydrogen (secondary N) is 2. The average Bonchev–Trinajstić information content (AvgIpc) is 2.97. The van der Waals surface area contributed by atoms with Gasteiger partial charge in [-0.3, -0.25) is 4.79 Å². The fraction of sp³-hybridized carbons (Fsp3) is 0.611. The van der Waals surface area contributed by atoms with Gasteiger partial charge in [-0.2, -0.15) is 12.6 Å². The Morgan fingerprint density at radius 1 is 1.43 bits per heavy atom. The Morgan fingerprint density at radius 3 is 2.87 bits per heavy atom. The van der Waals surface area contributed by atoms with Crippen LogP contribution < -0.4 is 16.4 Å². The van der Waals surface area contributed by atoms with Crippen LogP contribution in [0.15, 0.2) is 24.3 Å². The number of aryl methyl sites for hydroxylation is 1. The highest BCUT2D eigenvalue weighted by atomic mass is 32.1. The number of thiol groups is 1. The summed E-state index contributed by atoms with van der Waals surface area (Å²) < 4.78 is 0. The molecule has 1 aromatic carbocycles. The summed E-state index contributed by atoms with van der Waals surface area (Å²) in [6, 6.07) is 8.26. The topological polar surface area (TPSA) is 67.1 Å². The van der Waals surface area contributed by atoms with Gasteiger partial charge in [0, 0.05) is 18.3 Å². The van der Waals surface area contributed by atoms with E-state index in [1.54, 1.807) is 0 Å². The first-order valence-electron chi connectivity index (χ1n) is 8.54. The van der Waals surface area contributed by atoms with Crippen molar-refractivity contribution in [3.8, 4) is 0 Å². The largest absolute Gasteiger partial charge is 0.348 e. The molecule has 0 spiro atoms. The molecule has 0 bridgehead atoms. The van der Waals surface area contributed by atoms with Gasteiger partial charge in [0.15, 0.2) is 0 Å². The Hall–Kier alpha value is -1.04. The Morgan fingerprint density at radius 2 is 2.17 bits per heavy atom. The molecule has 2 rings (SSSR count). The monoisotopic (exact) mass is 335 g/mol. The number of rotatable bonds is 8. The molecule has 0 saturated carbocycles. The highest BCUT2D eigenvalue weighted by molar-refractivity contribution is 7.80. The van der Waals surface area contributed by atoms with Crippen LogP contribution in [0.4, 0.5) is 0 Å². The van der Waals surface area contributed by atoms with Gasteiger partial charge in [-0.05, 0) is 29.9 Å². The van der Waals surface area contributed by atoms with E-state index in [0.29, 0.717) is 12.3 Å². The molecular weight excluding hydrogens is 306 g/mol. The summed E-state index contributed by atoms with van der Waals surface area (Å²) in [5.41, 5.74) is 8.53. The molecule has 1 aromatic rings. The van der Waals surface area contributed by atoms with Gasteiger partial charge in [0.05, 0.1) is 12.1 Å². The summed E-state index contributed by atoms with van der Waals surface area (Å²) in [6.07, 6.45) is 2.96. The predicted octanol–water partition coefficient (Wildman–Crippen LogP) is 2.05. The Bertz CT molecular complexity index is 523. The molecule has 0 saturated heterocycles. The third-order valence-electron chi connectivity index (χ3n) is 4.78. The van der Waals surface area contributed by atoms with E-state index in [9.17, 15) is 4.79 Å². The van der Waals surface area contributed by atoms with Crippen molar-refractivity contribution in [2.24, 2.45) is 11.7 Å². The van der Waals surface area contributed by atoms with Crippen LogP contribution >= 0.6 is 12.6 Å². The molecule has 4 nitrogen and oxygen atoms in total. The van der Waals surface area contributed by atoms with Crippen LogP contribution in [-0.4, -0.2) is 30.3 Å². The third kappa shape index (κ3) is 4.72. The molecule has 0 heterocycles. The zero-order chi connectivity index (χ0) is 16.8. The van der Waals surface area contributed by atoms with Crippen LogP contribution in [0.2, 0.25) is 0 Å². The number of fused-ring (bicyclic) bond motifs is 1. The first-order valence-corrected chi connectivity index (χ1v) is 9.18. The molecule has 1 aliphatic rings. The van der Waals surface area contributed by atoms with Gasteiger partial charge in [-0.15, -0.1) is 0 Å². The van der Waals surface area contributed by atoms with Gasteiger partial charge >= 0.3 is 0 Å². The third-order valence-corrected chi connectivity index (χ3v) is 5.25. The first-order chi connectivity index (χ1) is 11.1. The number of nitrogens with two attached hydrogens (primary N) is 1. The molecule has 4 atom stereocenters. The lowest BCUT2D eigenvalue weighted by atomic mass is 9.97. The van der Waals surface area contributed by atoms with Gasteiger partial charge in [0.1, 0.15) is 0 Å². The van der Waals surface area contributed by atoms with Crippen LogP contribution in [0, 0.1) is 5.92 Å². The molecule has 3 unspecified atom stereocenters.